The van der Waals surface area contributed by atoms with E-state index in [0.29, 0.717) is 13.0 Å². The van der Waals surface area contributed by atoms with Crippen molar-refractivity contribution in [3.8, 4) is 0 Å². The lowest BCUT2D eigenvalue weighted by Gasteiger charge is -2.29. The molecule has 29 heavy (non-hydrogen) atoms. The number of hydrogen-bond donors (Lipinski definition) is 1. The van der Waals surface area contributed by atoms with Crippen LogP contribution in [0.4, 0.5) is 10.1 Å². The van der Waals surface area contributed by atoms with E-state index in [1.54, 1.807) is 17.0 Å². The molecule has 0 aliphatic rings. The zero-order valence-corrected chi connectivity index (χ0v) is 18.0. The van der Waals surface area contributed by atoms with Gasteiger partial charge >= 0.3 is 0 Å². The largest absolute Gasteiger partial charge is 0.354 e. The van der Waals surface area contributed by atoms with Gasteiger partial charge in [-0.1, -0.05) is 58.0 Å². The molecule has 0 saturated carbocycles. The molecule has 0 aliphatic heterocycles. The lowest BCUT2D eigenvalue weighted by atomic mass is 9.91. The average molecular weight is 399 g/mol. The molecule has 0 aromatic heterocycles. The monoisotopic (exact) mass is 398 g/mol. The van der Waals surface area contributed by atoms with Crippen molar-refractivity contribution in [3.05, 3.63) is 65.0 Å². The van der Waals surface area contributed by atoms with Crippen LogP contribution in [-0.4, -0.2) is 24.9 Å². The lowest BCUT2D eigenvalue weighted by molar-refractivity contribution is -0.123. The SMILES string of the molecule is CC(=O)N(CC(=O)NCCc1ccc(F)cc1)c1c(C(C)C)cccc1C(C)C. The van der Waals surface area contributed by atoms with E-state index in [1.807, 2.05) is 18.2 Å². The molecule has 0 saturated heterocycles. The van der Waals surface area contributed by atoms with Gasteiger partial charge in [-0.15, -0.1) is 0 Å². The zero-order chi connectivity index (χ0) is 21.6. The van der Waals surface area contributed by atoms with Gasteiger partial charge in [0.25, 0.3) is 0 Å². The summed E-state index contributed by atoms with van der Waals surface area (Å²) in [6.07, 6.45) is 0.603. The highest BCUT2D eigenvalue weighted by molar-refractivity contribution is 5.99. The van der Waals surface area contributed by atoms with Crippen molar-refractivity contribution in [3.63, 3.8) is 0 Å². The van der Waals surface area contributed by atoms with Crippen LogP contribution >= 0.6 is 0 Å². The fourth-order valence-electron chi connectivity index (χ4n) is 3.37. The topological polar surface area (TPSA) is 49.4 Å². The minimum Gasteiger partial charge on any atom is -0.354 e. The number of anilines is 1. The van der Waals surface area contributed by atoms with E-state index in [9.17, 15) is 14.0 Å². The van der Waals surface area contributed by atoms with Crippen molar-refractivity contribution >= 4 is 17.5 Å². The first-order valence-corrected chi connectivity index (χ1v) is 10.1. The van der Waals surface area contributed by atoms with Gasteiger partial charge in [-0.2, -0.15) is 0 Å². The molecular formula is C24H31FN2O2. The van der Waals surface area contributed by atoms with Gasteiger partial charge in [0.1, 0.15) is 12.4 Å². The Morgan fingerprint density at radius 3 is 2.00 bits per heavy atom. The molecule has 0 aliphatic carbocycles. The number of nitrogens with one attached hydrogen (secondary N) is 1. The highest BCUT2D eigenvalue weighted by atomic mass is 19.1. The minimum absolute atomic E-state index is 0.0256. The second kappa shape index (κ2) is 10.2. The Kier molecular flexibility index (Phi) is 7.94. The normalized spacial score (nSPS) is 11.0. The smallest absolute Gasteiger partial charge is 0.240 e. The summed E-state index contributed by atoms with van der Waals surface area (Å²) in [4.78, 5) is 26.6. The van der Waals surface area contributed by atoms with Crippen LogP contribution in [0.15, 0.2) is 42.5 Å². The first-order chi connectivity index (χ1) is 13.7. The number of carbonyl (C=O) groups is 2. The molecule has 0 fully saturated rings. The Morgan fingerprint density at radius 2 is 1.52 bits per heavy atom. The highest BCUT2D eigenvalue weighted by Gasteiger charge is 2.24. The Labute approximate surface area is 173 Å². The van der Waals surface area contributed by atoms with Crippen LogP contribution < -0.4 is 10.2 Å². The van der Waals surface area contributed by atoms with E-state index in [2.05, 4.69) is 33.0 Å². The van der Waals surface area contributed by atoms with Crippen molar-refractivity contribution in [2.75, 3.05) is 18.0 Å². The summed E-state index contributed by atoms with van der Waals surface area (Å²) in [7, 11) is 0. The summed E-state index contributed by atoms with van der Waals surface area (Å²) in [6, 6.07) is 12.3. The Bertz CT molecular complexity index is 818. The molecule has 4 nitrogen and oxygen atoms in total. The standard InChI is InChI=1S/C24H31FN2O2/c1-16(2)21-7-6-8-22(17(3)4)24(21)27(18(5)28)15-23(29)26-14-13-19-9-11-20(25)12-10-19/h6-12,16-17H,13-15H2,1-5H3,(H,26,29). The number of rotatable bonds is 8. The van der Waals surface area contributed by atoms with E-state index in [4.69, 9.17) is 0 Å². The molecular weight excluding hydrogens is 367 g/mol. The van der Waals surface area contributed by atoms with Crippen LogP contribution in [0.25, 0.3) is 0 Å². The molecule has 0 heterocycles. The third-order valence-electron chi connectivity index (χ3n) is 4.94. The fraction of sp³-hybridized carbons (Fsp3) is 0.417. The molecule has 156 valence electrons. The van der Waals surface area contributed by atoms with E-state index in [-0.39, 0.29) is 36.0 Å². The van der Waals surface area contributed by atoms with Gasteiger partial charge in [-0.25, -0.2) is 4.39 Å². The van der Waals surface area contributed by atoms with Crippen LogP contribution in [0.3, 0.4) is 0 Å². The van der Waals surface area contributed by atoms with E-state index in [1.165, 1.54) is 19.1 Å². The molecule has 5 heteroatoms. The number of halogens is 1. The molecule has 2 aromatic rings. The number of hydrogen-bond acceptors (Lipinski definition) is 2. The van der Waals surface area contributed by atoms with E-state index in [0.717, 1.165) is 22.4 Å². The molecule has 2 amide bonds. The van der Waals surface area contributed by atoms with E-state index < -0.39 is 0 Å². The predicted molar refractivity (Wildman–Crippen MR) is 116 cm³/mol. The molecule has 2 rings (SSSR count). The maximum absolute atomic E-state index is 13.0. The Hall–Kier alpha value is -2.69. The molecule has 0 unspecified atom stereocenters. The van der Waals surface area contributed by atoms with Crippen molar-refractivity contribution in [2.45, 2.75) is 52.9 Å². The number of amides is 2. The quantitative estimate of drug-likeness (QED) is 0.695. The zero-order valence-electron chi connectivity index (χ0n) is 18.0. The third kappa shape index (κ3) is 6.14. The van der Waals surface area contributed by atoms with Crippen molar-refractivity contribution in [1.82, 2.24) is 5.32 Å². The first kappa shape index (κ1) is 22.6. The number of nitrogens with zero attached hydrogens (tertiary/aromatic N) is 1. The number of carbonyl (C=O) groups excluding carboxylic acids is 2. The van der Waals surface area contributed by atoms with Gasteiger partial charge in [0.15, 0.2) is 0 Å². The van der Waals surface area contributed by atoms with Crippen molar-refractivity contribution in [1.29, 1.82) is 0 Å². The third-order valence-corrected chi connectivity index (χ3v) is 4.94. The number of benzene rings is 2. The summed E-state index contributed by atoms with van der Waals surface area (Å²) < 4.78 is 13.0. The molecule has 0 bridgehead atoms. The molecule has 0 spiro atoms. The Balaban J connectivity index is 2.15. The second-order valence-electron chi connectivity index (χ2n) is 7.93. The van der Waals surface area contributed by atoms with Crippen LogP contribution in [0.2, 0.25) is 0 Å². The van der Waals surface area contributed by atoms with Gasteiger partial charge in [-0.3, -0.25) is 9.59 Å². The summed E-state index contributed by atoms with van der Waals surface area (Å²) in [5.41, 5.74) is 3.91. The van der Waals surface area contributed by atoms with Crippen LogP contribution in [0, 0.1) is 5.82 Å². The van der Waals surface area contributed by atoms with E-state index >= 15 is 0 Å². The predicted octanol–water partition coefficient (Wildman–Crippen LogP) is 4.78. The summed E-state index contributed by atoms with van der Waals surface area (Å²) in [6.45, 7) is 10.2. The van der Waals surface area contributed by atoms with Gasteiger partial charge < -0.3 is 10.2 Å². The van der Waals surface area contributed by atoms with Gasteiger partial charge in [0.05, 0.1) is 5.69 Å². The van der Waals surface area contributed by atoms with Crippen LogP contribution in [-0.2, 0) is 16.0 Å². The second-order valence-corrected chi connectivity index (χ2v) is 7.93. The van der Waals surface area contributed by atoms with Gasteiger partial charge in [0, 0.05) is 13.5 Å². The maximum atomic E-state index is 13.0. The Morgan fingerprint density at radius 1 is 0.966 bits per heavy atom. The molecule has 0 radical (unpaired) electrons. The molecule has 0 atom stereocenters. The maximum Gasteiger partial charge on any atom is 0.240 e. The summed E-state index contributed by atoms with van der Waals surface area (Å²) in [5, 5.41) is 2.87. The highest BCUT2D eigenvalue weighted by Crippen LogP contribution is 2.35. The summed E-state index contributed by atoms with van der Waals surface area (Å²) >= 11 is 0. The lowest BCUT2D eigenvalue weighted by Crippen LogP contribution is -2.41. The first-order valence-electron chi connectivity index (χ1n) is 10.1. The van der Waals surface area contributed by atoms with Crippen LogP contribution in [0.5, 0.6) is 0 Å². The van der Waals surface area contributed by atoms with Crippen LogP contribution in [0.1, 0.15) is 63.1 Å². The average Bonchev–Trinajstić information content (AvgIpc) is 2.66. The van der Waals surface area contributed by atoms with Gasteiger partial charge in [0.2, 0.25) is 11.8 Å². The van der Waals surface area contributed by atoms with Crippen molar-refractivity contribution in [2.24, 2.45) is 0 Å². The van der Waals surface area contributed by atoms with Gasteiger partial charge in [-0.05, 0) is 47.1 Å². The molecule has 1 N–H and O–H groups in total. The number of para-hydroxylation sites is 1. The minimum atomic E-state index is -0.278. The van der Waals surface area contributed by atoms with Crippen molar-refractivity contribution < 1.29 is 14.0 Å². The molecule has 2 aromatic carbocycles. The fourth-order valence-corrected chi connectivity index (χ4v) is 3.37. The summed E-state index contributed by atoms with van der Waals surface area (Å²) in [5.74, 6) is -0.192.